The van der Waals surface area contributed by atoms with E-state index in [0.29, 0.717) is 12.8 Å². The molecule has 0 radical (unpaired) electrons. The predicted molar refractivity (Wildman–Crippen MR) is 211 cm³/mol. The third-order valence-electron chi connectivity index (χ3n) is 8.76. The molecule has 0 saturated carbocycles. The zero-order valence-corrected chi connectivity index (χ0v) is 32.0. The normalized spacial score (nSPS) is 22.8. The monoisotopic (exact) mass is 730 g/mol. The maximum atomic E-state index is 12.8. The van der Waals surface area contributed by atoms with E-state index in [0.717, 1.165) is 83.5 Å². The van der Waals surface area contributed by atoms with Crippen LogP contribution in [0.25, 0.3) is 0 Å². The first kappa shape index (κ1) is 47.4. The summed E-state index contributed by atoms with van der Waals surface area (Å²) in [5.41, 5.74) is 0. The molecule has 7 atom stereocenters. The van der Waals surface area contributed by atoms with Crippen molar-refractivity contribution in [1.29, 1.82) is 0 Å². The maximum absolute atomic E-state index is 12.8. The van der Waals surface area contributed by atoms with E-state index in [1.807, 2.05) is 0 Å². The number of unbranched alkanes of at least 4 members (excludes halogenated alkanes) is 6. The van der Waals surface area contributed by atoms with Gasteiger partial charge in [0.2, 0.25) is 5.91 Å². The third-order valence-corrected chi connectivity index (χ3v) is 8.76. The van der Waals surface area contributed by atoms with Gasteiger partial charge in [-0.05, 0) is 64.2 Å². The number of carbonyl (C=O) groups is 1. The summed E-state index contributed by atoms with van der Waals surface area (Å²) in [6.07, 6.45) is 37.7. The zero-order valence-electron chi connectivity index (χ0n) is 32.0. The second kappa shape index (κ2) is 33.0. The quantitative estimate of drug-likeness (QED) is 0.0336. The summed E-state index contributed by atoms with van der Waals surface area (Å²) in [6.45, 7) is 3.57. The first-order chi connectivity index (χ1) is 25.3. The van der Waals surface area contributed by atoms with Crippen molar-refractivity contribution in [3.63, 3.8) is 0 Å². The van der Waals surface area contributed by atoms with Gasteiger partial charge >= 0.3 is 0 Å². The van der Waals surface area contributed by atoms with Crippen LogP contribution in [0.5, 0.6) is 0 Å². The highest BCUT2D eigenvalue weighted by atomic mass is 16.7. The Labute approximate surface area is 314 Å². The SMILES string of the molecule is CC/C=C\C/C=C\C/C=C\C/C=C\C/C=C\C/C=C\C/C=C\CCCC(=O)NC(COC1OC(CO)C(O)C(O)C1O)C(O)CCCCCCCC. The average molecular weight is 730 g/mol. The number of hydrogen-bond acceptors (Lipinski definition) is 8. The van der Waals surface area contributed by atoms with Gasteiger partial charge in [-0.3, -0.25) is 4.79 Å². The van der Waals surface area contributed by atoms with E-state index in [1.54, 1.807) is 0 Å². The van der Waals surface area contributed by atoms with Gasteiger partial charge in [-0.2, -0.15) is 0 Å². The molecule has 1 heterocycles. The molecule has 1 aliphatic rings. The molecular formula is C43H71NO8. The van der Waals surface area contributed by atoms with E-state index in [1.165, 1.54) is 6.42 Å². The van der Waals surface area contributed by atoms with Crippen molar-refractivity contribution >= 4 is 5.91 Å². The van der Waals surface area contributed by atoms with Crippen molar-refractivity contribution in [2.24, 2.45) is 0 Å². The lowest BCUT2D eigenvalue weighted by atomic mass is 9.99. The first-order valence-electron chi connectivity index (χ1n) is 19.8. The Morgan fingerprint density at radius 2 is 1.17 bits per heavy atom. The Kier molecular flexibility index (Phi) is 30.1. The summed E-state index contributed by atoms with van der Waals surface area (Å²) in [7, 11) is 0. The van der Waals surface area contributed by atoms with Crippen LogP contribution in [0.15, 0.2) is 85.1 Å². The predicted octanol–water partition coefficient (Wildman–Crippen LogP) is 7.21. The molecule has 7 unspecified atom stereocenters. The number of aliphatic hydroxyl groups is 5. The van der Waals surface area contributed by atoms with Crippen LogP contribution < -0.4 is 5.32 Å². The zero-order chi connectivity index (χ0) is 38.1. The fourth-order valence-electron chi connectivity index (χ4n) is 5.56. The summed E-state index contributed by atoms with van der Waals surface area (Å²) in [6, 6.07) is -0.751. The van der Waals surface area contributed by atoms with Gasteiger partial charge in [0, 0.05) is 6.42 Å². The standard InChI is InChI=1S/C43H71NO8/c1-3-5-7-9-11-12-13-14-15-16-17-18-19-20-21-22-23-24-25-26-27-29-31-33-39(47)44-36(37(46)32-30-28-10-8-6-4-2)35-51-43-42(50)41(49)40(48)38(34-45)52-43/h5,7,11-12,14-15,17-18,20-21,23-24,26-27,36-38,40-43,45-46,48-50H,3-4,6,8-10,13,16,19,22,25,28-35H2,1-2H3,(H,44,47)/b7-5-,12-11-,15-14-,18-17-,21-20-,24-23-,27-26-. The van der Waals surface area contributed by atoms with Gasteiger partial charge in [0.1, 0.15) is 24.4 Å². The van der Waals surface area contributed by atoms with Gasteiger partial charge < -0.3 is 40.3 Å². The highest BCUT2D eigenvalue weighted by molar-refractivity contribution is 5.76. The topological polar surface area (TPSA) is 149 Å². The van der Waals surface area contributed by atoms with Gasteiger partial charge in [0.25, 0.3) is 0 Å². The third kappa shape index (κ3) is 23.8. The molecule has 52 heavy (non-hydrogen) atoms. The molecule has 1 amide bonds. The minimum Gasteiger partial charge on any atom is -0.394 e. The van der Waals surface area contributed by atoms with Crippen molar-refractivity contribution in [3.8, 4) is 0 Å². The number of rotatable bonds is 30. The maximum Gasteiger partial charge on any atom is 0.220 e. The highest BCUT2D eigenvalue weighted by Crippen LogP contribution is 2.22. The number of hydrogen-bond donors (Lipinski definition) is 6. The lowest BCUT2D eigenvalue weighted by molar-refractivity contribution is -0.302. The number of nitrogens with one attached hydrogen (secondary N) is 1. The second-order valence-electron chi connectivity index (χ2n) is 13.3. The van der Waals surface area contributed by atoms with E-state index in [2.05, 4.69) is 104 Å². The van der Waals surface area contributed by atoms with Gasteiger partial charge in [-0.15, -0.1) is 0 Å². The first-order valence-corrected chi connectivity index (χ1v) is 19.8. The number of ether oxygens (including phenoxy) is 2. The Hall–Kier alpha value is -2.63. The van der Waals surface area contributed by atoms with Crippen LogP contribution >= 0.6 is 0 Å². The fraction of sp³-hybridized carbons (Fsp3) is 0.651. The lowest BCUT2D eigenvalue weighted by Gasteiger charge is -2.40. The Balaban J connectivity index is 2.35. The Morgan fingerprint density at radius 1 is 0.673 bits per heavy atom. The molecule has 6 N–H and O–H groups in total. The van der Waals surface area contributed by atoms with Gasteiger partial charge in [0.15, 0.2) is 6.29 Å². The van der Waals surface area contributed by atoms with Gasteiger partial charge in [0.05, 0.1) is 25.4 Å². The highest BCUT2D eigenvalue weighted by Gasteiger charge is 2.44. The molecule has 1 saturated heterocycles. The summed E-state index contributed by atoms with van der Waals surface area (Å²) in [5, 5.41) is 53.7. The molecule has 0 spiro atoms. The molecule has 1 fully saturated rings. The van der Waals surface area contributed by atoms with Crippen LogP contribution in [0.3, 0.4) is 0 Å². The van der Waals surface area contributed by atoms with E-state index < -0.39 is 49.5 Å². The molecule has 9 heteroatoms. The van der Waals surface area contributed by atoms with Crippen LogP contribution in [0.1, 0.15) is 123 Å². The molecule has 0 aromatic carbocycles. The smallest absolute Gasteiger partial charge is 0.220 e. The van der Waals surface area contributed by atoms with E-state index in [9.17, 15) is 30.3 Å². The van der Waals surface area contributed by atoms with Crippen LogP contribution in [0, 0.1) is 0 Å². The van der Waals surface area contributed by atoms with Crippen molar-refractivity contribution < 1.29 is 39.8 Å². The summed E-state index contributed by atoms with van der Waals surface area (Å²) in [5.74, 6) is -0.213. The second-order valence-corrected chi connectivity index (χ2v) is 13.3. The van der Waals surface area contributed by atoms with Crippen molar-refractivity contribution in [2.45, 2.75) is 166 Å². The molecular weight excluding hydrogens is 658 g/mol. The molecule has 0 aromatic heterocycles. The fourth-order valence-corrected chi connectivity index (χ4v) is 5.56. The molecule has 0 aromatic rings. The molecule has 0 aliphatic carbocycles. The van der Waals surface area contributed by atoms with Crippen LogP contribution in [-0.2, 0) is 14.3 Å². The van der Waals surface area contributed by atoms with Crippen molar-refractivity contribution in [1.82, 2.24) is 5.32 Å². The molecule has 9 nitrogen and oxygen atoms in total. The van der Waals surface area contributed by atoms with Gasteiger partial charge in [-0.25, -0.2) is 0 Å². The average Bonchev–Trinajstić information content (AvgIpc) is 3.14. The number of amides is 1. The summed E-state index contributed by atoms with van der Waals surface area (Å²) < 4.78 is 11.1. The Morgan fingerprint density at radius 3 is 1.69 bits per heavy atom. The number of carbonyl (C=O) groups excluding carboxylic acids is 1. The minimum atomic E-state index is -1.57. The van der Waals surface area contributed by atoms with E-state index >= 15 is 0 Å². The molecule has 1 rings (SSSR count). The van der Waals surface area contributed by atoms with Crippen LogP contribution in [0.4, 0.5) is 0 Å². The van der Waals surface area contributed by atoms with Crippen molar-refractivity contribution in [2.75, 3.05) is 13.2 Å². The van der Waals surface area contributed by atoms with E-state index in [-0.39, 0.29) is 18.9 Å². The minimum absolute atomic E-state index is 0.169. The molecule has 1 aliphatic heterocycles. The Bertz CT molecular complexity index is 1080. The molecule has 0 bridgehead atoms. The van der Waals surface area contributed by atoms with Crippen LogP contribution in [-0.4, -0.2) is 87.5 Å². The van der Waals surface area contributed by atoms with Crippen LogP contribution in [0.2, 0.25) is 0 Å². The molecule has 296 valence electrons. The van der Waals surface area contributed by atoms with E-state index in [4.69, 9.17) is 9.47 Å². The summed E-state index contributed by atoms with van der Waals surface area (Å²) >= 11 is 0. The number of allylic oxidation sites excluding steroid dienone is 14. The number of aliphatic hydroxyl groups excluding tert-OH is 5. The summed E-state index contributed by atoms with van der Waals surface area (Å²) in [4.78, 5) is 12.8. The lowest BCUT2D eigenvalue weighted by Crippen LogP contribution is -2.60. The largest absolute Gasteiger partial charge is 0.394 e. The van der Waals surface area contributed by atoms with Gasteiger partial charge in [-0.1, -0.05) is 137 Å². The van der Waals surface area contributed by atoms with Crippen molar-refractivity contribution in [3.05, 3.63) is 85.1 Å².